The molecule has 1 aromatic carbocycles. The molecule has 0 unspecified atom stereocenters. The summed E-state index contributed by atoms with van der Waals surface area (Å²) in [5, 5.41) is 0. The van der Waals surface area contributed by atoms with Crippen LogP contribution in [0.3, 0.4) is 0 Å². The zero-order chi connectivity index (χ0) is 13.1. The molecule has 1 heterocycles. The molecule has 0 aliphatic heterocycles. The maximum Gasteiger partial charge on any atom is 0.219 e. The van der Waals surface area contributed by atoms with E-state index in [-0.39, 0.29) is 5.82 Å². The van der Waals surface area contributed by atoms with Gasteiger partial charge < -0.3 is 10.5 Å². The van der Waals surface area contributed by atoms with Gasteiger partial charge in [-0.25, -0.2) is 9.37 Å². The molecule has 0 radical (unpaired) electrons. The molecule has 18 heavy (non-hydrogen) atoms. The lowest BCUT2D eigenvalue weighted by molar-refractivity contribution is 0.456. The van der Waals surface area contributed by atoms with Crippen LogP contribution in [0.5, 0.6) is 11.6 Å². The van der Waals surface area contributed by atoms with Crippen LogP contribution < -0.4 is 10.5 Å². The van der Waals surface area contributed by atoms with Crippen molar-refractivity contribution in [2.45, 2.75) is 13.5 Å². The molecule has 5 heteroatoms. The smallest absolute Gasteiger partial charge is 0.219 e. The van der Waals surface area contributed by atoms with Crippen LogP contribution in [0.4, 0.5) is 4.39 Å². The molecule has 2 aromatic rings. The van der Waals surface area contributed by atoms with Crippen molar-refractivity contribution in [2.24, 2.45) is 5.73 Å². The van der Waals surface area contributed by atoms with Crippen LogP contribution in [0.25, 0.3) is 0 Å². The minimum atomic E-state index is -0.322. The Bertz CT molecular complexity index is 575. The number of aryl methyl sites for hydroxylation is 1. The van der Waals surface area contributed by atoms with Crippen LogP contribution >= 0.6 is 15.9 Å². The van der Waals surface area contributed by atoms with Crippen molar-refractivity contribution in [1.82, 2.24) is 4.98 Å². The van der Waals surface area contributed by atoms with Crippen LogP contribution in [-0.4, -0.2) is 4.98 Å². The third kappa shape index (κ3) is 2.86. The van der Waals surface area contributed by atoms with Gasteiger partial charge in [-0.15, -0.1) is 0 Å². The molecule has 0 atom stereocenters. The third-order valence-electron chi connectivity index (χ3n) is 2.50. The van der Waals surface area contributed by atoms with E-state index in [1.807, 2.05) is 13.0 Å². The number of nitrogens with zero attached hydrogens (tertiary/aromatic N) is 1. The summed E-state index contributed by atoms with van der Waals surface area (Å²) in [4.78, 5) is 4.29. The van der Waals surface area contributed by atoms with Gasteiger partial charge in [-0.1, -0.05) is 6.07 Å². The van der Waals surface area contributed by atoms with Crippen molar-refractivity contribution in [1.29, 1.82) is 0 Å². The van der Waals surface area contributed by atoms with E-state index >= 15 is 0 Å². The van der Waals surface area contributed by atoms with Gasteiger partial charge in [0.1, 0.15) is 11.6 Å². The first-order valence-corrected chi connectivity index (χ1v) is 6.19. The number of hydrogen-bond acceptors (Lipinski definition) is 3. The van der Waals surface area contributed by atoms with E-state index in [2.05, 4.69) is 20.9 Å². The molecule has 3 nitrogen and oxygen atoms in total. The molecule has 0 fully saturated rings. The second-order valence-corrected chi connectivity index (χ2v) is 4.63. The molecule has 0 saturated heterocycles. The summed E-state index contributed by atoms with van der Waals surface area (Å²) in [7, 11) is 0. The normalized spacial score (nSPS) is 10.4. The van der Waals surface area contributed by atoms with E-state index < -0.39 is 0 Å². The van der Waals surface area contributed by atoms with Gasteiger partial charge in [-0.3, -0.25) is 0 Å². The van der Waals surface area contributed by atoms with E-state index in [0.29, 0.717) is 22.6 Å². The second kappa shape index (κ2) is 5.46. The van der Waals surface area contributed by atoms with Crippen LogP contribution in [-0.2, 0) is 6.54 Å². The number of hydrogen-bond donors (Lipinski definition) is 1. The molecule has 0 saturated carbocycles. The lowest BCUT2D eigenvalue weighted by Gasteiger charge is -2.09. The fraction of sp³-hybridized carbons (Fsp3) is 0.154. The number of ether oxygens (including phenoxy) is 1. The Balaban J connectivity index is 2.26. The Hall–Kier alpha value is -1.46. The van der Waals surface area contributed by atoms with Gasteiger partial charge in [0.15, 0.2) is 0 Å². The summed E-state index contributed by atoms with van der Waals surface area (Å²) in [6.07, 6.45) is 0. The average Bonchev–Trinajstić information content (AvgIpc) is 2.33. The Labute approximate surface area is 113 Å². The highest BCUT2D eigenvalue weighted by Gasteiger charge is 2.06. The first kappa shape index (κ1) is 13.0. The molecule has 94 valence electrons. The molecule has 0 amide bonds. The molecular weight excluding hydrogens is 299 g/mol. The first-order valence-electron chi connectivity index (χ1n) is 5.39. The Morgan fingerprint density at radius 1 is 1.33 bits per heavy atom. The molecule has 0 bridgehead atoms. The van der Waals surface area contributed by atoms with Gasteiger partial charge in [-0.05, 0) is 46.6 Å². The van der Waals surface area contributed by atoms with E-state index in [1.54, 1.807) is 12.1 Å². The zero-order valence-electron chi connectivity index (χ0n) is 9.78. The predicted octanol–water partition coefficient (Wildman–Crippen LogP) is 3.54. The van der Waals surface area contributed by atoms with Gasteiger partial charge in [-0.2, -0.15) is 0 Å². The van der Waals surface area contributed by atoms with E-state index in [0.717, 1.165) is 11.3 Å². The fourth-order valence-corrected chi connectivity index (χ4v) is 1.94. The number of nitrogens with two attached hydrogens (primary N) is 1. The summed E-state index contributed by atoms with van der Waals surface area (Å²) in [6, 6.07) is 7.84. The van der Waals surface area contributed by atoms with Crippen molar-refractivity contribution < 1.29 is 9.13 Å². The minimum Gasteiger partial charge on any atom is -0.438 e. The molecule has 2 rings (SSSR count). The van der Waals surface area contributed by atoms with E-state index in [9.17, 15) is 4.39 Å². The highest BCUT2D eigenvalue weighted by Crippen LogP contribution is 2.29. The number of pyridine rings is 1. The van der Waals surface area contributed by atoms with Gasteiger partial charge in [0, 0.05) is 18.3 Å². The lowest BCUT2D eigenvalue weighted by atomic mass is 10.2. The monoisotopic (exact) mass is 310 g/mol. The summed E-state index contributed by atoms with van der Waals surface area (Å²) in [5.74, 6) is 0.651. The average molecular weight is 311 g/mol. The largest absolute Gasteiger partial charge is 0.438 e. The van der Waals surface area contributed by atoms with Crippen molar-refractivity contribution in [2.75, 3.05) is 0 Å². The van der Waals surface area contributed by atoms with Crippen LogP contribution in [0.15, 0.2) is 34.8 Å². The number of rotatable bonds is 3. The molecule has 0 aliphatic carbocycles. The molecule has 2 N–H and O–H groups in total. The first-order chi connectivity index (χ1) is 8.60. The van der Waals surface area contributed by atoms with E-state index in [1.165, 1.54) is 12.1 Å². The van der Waals surface area contributed by atoms with Crippen LogP contribution in [0, 0.1) is 12.7 Å². The highest BCUT2D eigenvalue weighted by molar-refractivity contribution is 9.10. The Morgan fingerprint density at radius 3 is 2.72 bits per heavy atom. The minimum absolute atomic E-state index is 0.322. The summed E-state index contributed by atoms with van der Waals surface area (Å²) in [5.41, 5.74) is 7.36. The number of aromatic nitrogens is 1. The molecule has 1 aromatic heterocycles. The SMILES string of the molecule is Cc1nc(Oc2ccc(F)cc2Br)ccc1CN. The van der Waals surface area contributed by atoms with Crippen LogP contribution in [0.2, 0.25) is 0 Å². The quantitative estimate of drug-likeness (QED) is 0.943. The Morgan fingerprint density at radius 2 is 2.11 bits per heavy atom. The van der Waals surface area contributed by atoms with Crippen LogP contribution in [0.1, 0.15) is 11.3 Å². The van der Waals surface area contributed by atoms with Crippen molar-refractivity contribution in [3.8, 4) is 11.6 Å². The highest BCUT2D eigenvalue weighted by atomic mass is 79.9. The van der Waals surface area contributed by atoms with Crippen molar-refractivity contribution >= 4 is 15.9 Å². The van der Waals surface area contributed by atoms with Crippen molar-refractivity contribution in [3.63, 3.8) is 0 Å². The summed E-state index contributed by atoms with van der Waals surface area (Å²) >= 11 is 3.24. The maximum atomic E-state index is 12.9. The number of benzene rings is 1. The standard InChI is InChI=1S/C13H12BrFN2O/c1-8-9(7-16)2-5-13(17-8)18-12-4-3-10(15)6-11(12)14/h2-6H,7,16H2,1H3. The second-order valence-electron chi connectivity index (χ2n) is 3.77. The lowest BCUT2D eigenvalue weighted by Crippen LogP contribution is -2.01. The maximum absolute atomic E-state index is 12.9. The van der Waals surface area contributed by atoms with Gasteiger partial charge in [0.05, 0.1) is 4.47 Å². The van der Waals surface area contributed by atoms with Gasteiger partial charge in [0.2, 0.25) is 5.88 Å². The van der Waals surface area contributed by atoms with E-state index in [4.69, 9.17) is 10.5 Å². The predicted molar refractivity (Wildman–Crippen MR) is 71.0 cm³/mol. The molecule has 0 aliphatic rings. The Kier molecular flexibility index (Phi) is 3.93. The molecular formula is C13H12BrFN2O. The van der Waals surface area contributed by atoms with Gasteiger partial charge in [0.25, 0.3) is 0 Å². The molecule has 0 spiro atoms. The number of halogens is 2. The summed E-state index contributed by atoms with van der Waals surface area (Å²) < 4.78 is 19.1. The summed E-state index contributed by atoms with van der Waals surface area (Å²) in [6.45, 7) is 2.31. The topological polar surface area (TPSA) is 48.1 Å². The third-order valence-corrected chi connectivity index (χ3v) is 3.12. The fourth-order valence-electron chi connectivity index (χ4n) is 1.51. The van der Waals surface area contributed by atoms with Gasteiger partial charge >= 0.3 is 0 Å². The van der Waals surface area contributed by atoms with Crippen molar-refractivity contribution in [3.05, 3.63) is 51.9 Å². The zero-order valence-corrected chi connectivity index (χ0v) is 11.4.